The first kappa shape index (κ1) is 13.3. The summed E-state index contributed by atoms with van der Waals surface area (Å²) in [7, 11) is 2.19. The molecule has 1 aromatic heterocycles. The van der Waals surface area contributed by atoms with Crippen LogP contribution in [-0.2, 0) is 6.42 Å². The first-order valence-corrected chi connectivity index (χ1v) is 7.19. The fourth-order valence-electron chi connectivity index (χ4n) is 2.92. The third-order valence-electron chi connectivity index (χ3n) is 3.99. The van der Waals surface area contributed by atoms with Crippen LogP contribution in [0.25, 0.3) is 0 Å². The van der Waals surface area contributed by atoms with Gasteiger partial charge < -0.3 is 10.6 Å². The standard InChI is InChI=1S/C15H25N3/c1-18(14-8-4-2-3-5-9-14)15-13(10-11-16)7-6-12-17-15/h6-7,12,14H,2-5,8-11,16H2,1H3. The van der Waals surface area contributed by atoms with Gasteiger partial charge >= 0.3 is 0 Å². The van der Waals surface area contributed by atoms with Gasteiger partial charge in [0, 0.05) is 19.3 Å². The summed E-state index contributed by atoms with van der Waals surface area (Å²) in [6.07, 6.45) is 10.9. The molecule has 0 spiro atoms. The van der Waals surface area contributed by atoms with Crippen molar-refractivity contribution in [1.82, 2.24) is 4.98 Å². The molecule has 0 aromatic carbocycles. The highest BCUT2D eigenvalue weighted by Crippen LogP contribution is 2.26. The number of anilines is 1. The van der Waals surface area contributed by atoms with E-state index in [-0.39, 0.29) is 0 Å². The van der Waals surface area contributed by atoms with Gasteiger partial charge in [0.15, 0.2) is 0 Å². The van der Waals surface area contributed by atoms with Gasteiger partial charge in [-0.2, -0.15) is 0 Å². The van der Waals surface area contributed by atoms with Crippen molar-refractivity contribution in [3.8, 4) is 0 Å². The van der Waals surface area contributed by atoms with Gasteiger partial charge in [-0.1, -0.05) is 31.7 Å². The summed E-state index contributed by atoms with van der Waals surface area (Å²) in [6.45, 7) is 0.692. The first-order chi connectivity index (χ1) is 8.83. The van der Waals surface area contributed by atoms with E-state index in [0.29, 0.717) is 12.6 Å². The molecule has 0 saturated heterocycles. The van der Waals surface area contributed by atoms with E-state index in [1.54, 1.807) is 0 Å². The maximum Gasteiger partial charge on any atom is 0.131 e. The SMILES string of the molecule is CN(c1ncccc1CCN)C1CCCCCC1. The monoisotopic (exact) mass is 247 g/mol. The van der Waals surface area contributed by atoms with Gasteiger partial charge in [-0.3, -0.25) is 0 Å². The number of rotatable bonds is 4. The minimum atomic E-state index is 0.652. The van der Waals surface area contributed by atoms with Gasteiger partial charge in [-0.25, -0.2) is 4.98 Å². The van der Waals surface area contributed by atoms with Crippen molar-refractivity contribution in [1.29, 1.82) is 0 Å². The van der Waals surface area contributed by atoms with Gasteiger partial charge in [-0.05, 0) is 37.4 Å². The van der Waals surface area contributed by atoms with Crippen LogP contribution in [0.3, 0.4) is 0 Å². The number of nitrogens with zero attached hydrogens (tertiary/aromatic N) is 2. The van der Waals surface area contributed by atoms with Crippen LogP contribution < -0.4 is 10.6 Å². The molecule has 3 heteroatoms. The fraction of sp³-hybridized carbons (Fsp3) is 0.667. The van der Waals surface area contributed by atoms with Crippen molar-refractivity contribution < 1.29 is 0 Å². The highest BCUT2D eigenvalue weighted by atomic mass is 15.2. The zero-order valence-electron chi connectivity index (χ0n) is 11.4. The Balaban J connectivity index is 2.13. The number of hydrogen-bond acceptors (Lipinski definition) is 3. The Morgan fingerprint density at radius 2 is 2.00 bits per heavy atom. The molecule has 1 saturated carbocycles. The Morgan fingerprint density at radius 3 is 2.67 bits per heavy atom. The maximum atomic E-state index is 5.69. The lowest BCUT2D eigenvalue weighted by Gasteiger charge is -2.29. The predicted octanol–water partition coefficient (Wildman–Crippen LogP) is 2.74. The summed E-state index contributed by atoms with van der Waals surface area (Å²) >= 11 is 0. The predicted molar refractivity (Wildman–Crippen MR) is 76.9 cm³/mol. The largest absolute Gasteiger partial charge is 0.356 e. The second-order valence-electron chi connectivity index (χ2n) is 5.28. The molecule has 2 rings (SSSR count). The second-order valence-corrected chi connectivity index (χ2v) is 5.28. The molecular formula is C15H25N3. The van der Waals surface area contributed by atoms with Gasteiger partial charge in [-0.15, -0.1) is 0 Å². The van der Waals surface area contributed by atoms with Gasteiger partial charge in [0.1, 0.15) is 5.82 Å². The summed E-state index contributed by atoms with van der Waals surface area (Å²) in [5, 5.41) is 0. The van der Waals surface area contributed by atoms with E-state index >= 15 is 0 Å². The van der Waals surface area contributed by atoms with Crippen LogP contribution in [0.1, 0.15) is 44.1 Å². The smallest absolute Gasteiger partial charge is 0.131 e. The van der Waals surface area contributed by atoms with Crippen LogP contribution >= 0.6 is 0 Å². The topological polar surface area (TPSA) is 42.2 Å². The molecule has 0 amide bonds. The minimum absolute atomic E-state index is 0.652. The molecule has 0 aliphatic heterocycles. The molecule has 0 radical (unpaired) electrons. The maximum absolute atomic E-state index is 5.69. The van der Waals surface area contributed by atoms with E-state index < -0.39 is 0 Å². The van der Waals surface area contributed by atoms with E-state index in [1.807, 2.05) is 12.3 Å². The second kappa shape index (κ2) is 6.74. The third-order valence-corrected chi connectivity index (χ3v) is 3.99. The first-order valence-electron chi connectivity index (χ1n) is 7.19. The molecule has 2 N–H and O–H groups in total. The summed E-state index contributed by atoms with van der Waals surface area (Å²) in [5.41, 5.74) is 6.97. The molecule has 1 heterocycles. The highest BCUT2D eigenvalue weighted by molar-refractivity contribution is 5.47. The zero-order chi connectivity index (χ0) is 12.8. The molecule has 1 aromatic rings. The van der Waals surface area contributed by atoms with E-state index in [4.69, 9.17) is 5.73 Å². The van der Waals surface area contributed by atoms with E-state index in [2.05, 4.69) is 23.0 Å². The van der Waals surface area contributed by atoms with Crippen molar-refractivity contribution in [2.45, 2.75) is 51.0 Å². The minimum Gasteiger partial charge on any atom is -0.356 e. The average molecular weight is 247 g/mol. The molecule has 0 unspecified atom stereocenters. The Hall–Kier alpha value is -1.09. The van der Waals surface area contributed by atoms with Crippen LogP contribution in [0.4, 0.5) is 5.82 Å². The van der Waals surface area contributed by atoms with Crippen molar-refractivity contribution in [3.05, 3.63) is 23.9 Å². The number of pyridine rings is 1. The molecule has 3 nitrogen and oxygen atoms in total. The van der Waals surface area contributed by atoms with E-state index in [1.165, 1.54) is 44.1 Å². The molecule has 1 fully saturated rings. The van der Waals surface area contributed by atoms with Gasteiger partial charge in [0.05, 0.1) is 0 Å². The van der Waals surface area contributed by atoms with Crippen molar-refractivity contribution >= 4 is 5.82 Å². The lowest BCUT2D eigenvalue weighted by molar-refractivity contribution is 0.547. The van der Waals surface area contributed by atoms with Crippen LogP contribution in [0.15, 0.2) is 18.3 Å². The Morgan fingerprint density at radius 1 is 1.28 bits per heavy atom. The quantitative estimate of drug-likeness (QED) is 0.832. The zero-order valence-corrected chi connectivity index (χ0v) is 11.4. The van der Waals surface area contributed by atoms with Crippen molar-refractivity contribution in [2.24, 2.45) is 5.73 Å². The normalized spacial score (nSPS) is 17.4. The van der Waals surface area contributed by atoms with Crippen LogP contribution in [-0.4, -0.2) is 24.6 Å². The summed E-state index contributed by atoms with van der Waals surface area (Å²) in [4.78, 5) is 6.96. The van der Waals surface area contributed by atoms with Gasteiger partial charge in [0.2, 0.25) is 0 Å². The van der Waals surface area contributed by atoms with E-state index in [9.17, 15) is 0 Å². The van der Waals surface area contributed by atoms with Crippen LogP contribution in [0.5, 0.6) is 0 Å². The number of aromatic nitrogens is 1. The Kier molecular flexibility index (Phi) is 5.00. The lowest BCUT2D eigenvalue weighted by Crippen LogP contribution is -2.32. The number of hydrogen-bond donors (Lipinski definition) is 1. The van der Waals surface area contributed by atoms with Crippen molar-refractivity contribution in [3.63, 3.8) is 0 Å². The lowest BCUT2D eigenvalue weighted by atomic mass is 10.1. The molecule has 0 bridgehead atoms. The summed E-state index contributed by atoms with van der Waals surface area (Å²) in [6, 6.07) is 4.82. The van der Waals surface area contributed by atoms with Crippen LogP contribution in [0, 0.1) is 0 Å². The third kappa shape index (κ3) is 3.22. The molecule has 100 valence electrons. The van der Waals surface area contributed by atoms with Crippen LogP contribution in [0.2, 0.25) is 0 Å². The molecule has 18 heavy (non-hydrogen) atoms. The number of nitrogens with two attached hydrogens (primary N) is 1. The average Bonchev–Trinajstić information content (AvgIpc) is 2.68. The summed E-state index contributed by atoms with van der Waals surface area (Å²) in [5.74, 6) is 1.13. The Labute approximate surface area is 110 Å². The fourth-order valence-corrected chi connectivity index (χ4v) is 2.92. The highest BCUT2D eigenvalue weighted by Gasteiger charge is 2.19. The Bertz CT molecular complexity index is 357. The van der Waals surface area contributed by atoms with Gasteiger partial charge in [0.25, 0.3) is 0 Å². The summed E-state index contributed by atoms with van der Waals surface area (Å²) < 4.78 is 0. The van der Waals surface area contributed by atoms with E-state index in [0.717, 1.165) is 12.2 Å². The molecule has 1 aliphatic carbocycles. The molecule has 1 aliphatic rings. The molecular weight excluding hydrogens is 222 g/mol. The molecule has 0 atom stereocenters. The van der Waals surface area contributed by atoms with Crippen molar-refractivity contribution in [2.75, 3.05) is 18.5 Å².